The number of anilines is 1. The summed E-state index contributed by atoms with van der Waals surface area (Å²) in [5, 5.41) is 13.6. The molecule has 5 heterocycles. The van der Waals surface area contributed by atoms with Gasteiger partial charge in [0, 0.05) is 86.7 Å². The lowest BCUT2D eigenvalue weighted by molar-refractivity contribution is -0.120. The van der Waals surface area contributed by atoms with Gasteiger partial charge in [0.05, 0.1) is 24.2 Å². The minimum absolute atomic E-state index is 0.00274. The molecule has 4 aromatic rings. The molecule has 4 aliphatic rings. The third-order valence-electron chi connectivity index (χ3n) is 12.7. The second-order valence-corrected chi connectivity index (χ2v) is 17.1. The minimum Gasteiger partial charge on any atom is -0.507 e. The number of nitrogens with one attached hydrogen (secondary N) is 2. The van der Waals surface area contributed by atoms with E-state index in [1.54, 1.807) is 35.4 Å². The molecule has 330 valence electrons. The molecule has 4 fully saturated rings. The number of piperazine rings is 1. The minimum atomic E-state index is -0.383. The summed E-state index contributed by atoms with van der Waals surface area (Å²) in [6.45, 7) is 12.5. The van der Waals surface area contributed by atoms with Gasteiger partial charge >= 0.3 is 6.03 Å². The van der Waals surface area contributed by atoms with Crippen molar-refractivity contribution in [1.82, 2.24) is 30.0 Å². The molecular weight excluding hydrogens is 785 g/mol. The molecule has 3 aliphatic heterocycles. The predicted octanol–water partition coefficient (Wildman–Crippen LogP) is 5.40. The maximum atomic E-state index is 13.3. The quantitative estimate of drug-likeness (QED) is 0.118. The van der Waals surface area contributed by atoms with Crippen molar-refractivity contribution >= 4 is 40.3 Å². The van der Waals surface area contributed by atoms with Crippen LogP contribution in [0, 0.1) is 11.8 Å². The van der Waals surface area contributed by atoms with Crippen molar-refractivity contribution in [2.24, 2.45) is 29.0 Å². The lowest BCUT2D eigenvalue weighted by Crippen LogP contribution is -2.50. The first-order valence-electron chi connectivity index (χ1n) is 22.0. The molecule has 8 rings (SSSR count). The summed E-state index contributed by atoms with van der Waals surface area (Å²) in [5.41, 5.74) is 24.4. The molecule has 2 aromatic heterocycles. The second-order valence-electron chi connectivity index (χ2n) is 17.1. The molecule has 15 nitrogen and oxygen atoms in total. The first-order valence-corrected chi connectivity index (χ1v) is 22.0. The number of pyridine rings is 1. The summed E-state index contributed by atoms with van der Waals surface area (Å²) in [6, 6.07) is 16.2. The molecule has 62 heavy (non-hydrogen) atoms. The Labute approximate surface area is 363 Å². The van der Waals surface area contributed by atoms with Crippen LogP contribution in [0.25, 0.3) is 16.7 Å². The SMILES string of the molecule is CC1CCC(CN2CCN(C(=O)c3ccc(C4CN(C(/C=C(\N)c5ccccc5O)=C(N)N)C(C)CO4)cc3)CC2)CC1.CCc1c[nH]c2ncc(N3CCC(=O)NC3=O)cc12. The Morgan fingerprint density at radius 2 is 1.69 bits per heavy atom. The molecule has 0 radical (unpaired) electrons. The molecule has 9 N–H and O–H groups in total. The van der Waals surface area contributed by atoms with E-state index in [0.29, 0.717) is 54.3 Å². The average Bonchev–Trinajstić information content (AvgIpc) is 3.69. The number of aromatic nitrogens is 2. The Kier molecular flexibility index (Phi) is 14.0. The van der Waals surface area contributed by atoms with E-state index in [4.69, 9.17) is 21.9 Å². The van der Waals surface area contributed by atoms with Gasteiger partial charge in [-0.3, -0.25) is 24.7 Å². The molecule has 0 bridgehead atoms. The number of nitrogens with zero attached hydrogens (tertiary/aromatic N) is 5. The number of imide groups is 1. The van der Waals surface area contributed by atoms with Gasteiger partial charge in [-0.15, -0.1) is 0 Å². The van der Waals surface area contributed by atoms with Crippen LogP contribution in [0.2, 0.25) is 0 Å². The van der Waals surface area contributed by atoms with Gasteiger partial charge in [-0.25, -0.2) is 9.78 Å². The highest BCUT2D eigenvalue weighted by Gasteiger charge is 2.31. The van der Waals surface area contributed by atoms with E-state index in [-0.39, 0.29) is 41.6 Å². The summed E-state index contributed by atoms with van der Waals surface area (Å²) in [4.78, 5) is 51.8. The van der Waals surface area contributed by atoms with Crippen molar-refractivity contribution in [2.75, 3.05) is 57.3 Å². The predicted molar refractivity (Wildman–Crippen MR) is 241 cm³/mol. The van der Waals surface area contributed by atoms with Crippen molar-refractivity contribution in [2.45, 2.75) is 71.4 Å². The van der Waals surface area contributed by atoms with Crippen molar-refractivity contribution in [3.8, 4) is 5.75 Å². The number of fused-ring (bicyclic) bond motifs is 1. The van der Waals surface area contributed by atoms with Crippen LogP contribution in [0.4, 0.5) is 10.5 Å². The number of carbonyl (C=O) groups excluding carboxylic acids is 3. The van der Waals surface area contributed by atoms with Crippen LogP contribution in [-0.2, 0) is 16.0 Å². The fourth-order valence-electron chi connectivity index (χ4n) is 8.90. The Morgan fingerprint density at radius 3 is 2.37 bits per heavy atom. The van der Waals surface area contributed by atoms with Crippen LogP contribution in [0.15, 0.2) is 84.6 Å². The number of hydrogen-bond donors (Lipinski definition) is 6. The molecule has 0 spiro atoms. The number of carbonyl (C=O) groups is 3. The van der Waals surface area contributed by atoms with E-state index < -0.39 is 0 Å². The molecule has 1 aliphatic carbocycles. The van der Waals surface area contributed by atoms with Gasteiger partial charge in [0.2, 0.25) is 5.91 Å². The van der Waals surface area contributed by atoms with Crippen LogP contribution < -0.4 is 27.4 Å². The Hall–Kier alpha value is -6.06. The van der Waals surface area contributed by atoms with Gasteiger partial charge < -0.3 is 41.8 Å². The van der Waals surface area contributed by atoms with E-state index in [1.165, 1.54) is 32.2 Å². The molecule has 3 saturated heterocycles. The number of hydrogen-bond acceptors (Lipinski definition) is 11. The number of aromatic hydroxyl groups is 1. The number of ether oxygens (including phenoxy) is 1. The van der Waals surface area contributed by atoms with Crippen LogP contribution in [0.3, 0.4) is 0 Å². The number of para-hydroxylation sites is 1. The number of H-pyrrole nitrogens is 1. The van der Waals surface area contributed by atoms with Crippen LogP contribution in [0.5, 0.6) is 5.75 Å². The number of phenols is 1. The highest BCUT2D eigenvalue weighted by atomic mass is 16.5. The lowest BCUT2D eigenvalue weighted by Gasteiger charge is -2.40. The van der Waals surface area contributed by atoms with Crippen molar-refractivity contribution in [3.63, 3.8) is 0 Å². The number of rotatable bonds is 9. The smallest absolute Gasteiger partial charge is 0.328 e. The summed E-state index contributed by atoms with van der Waals surface area (Å²) in [5.74, 6) is 1.77. The Bertz CT molecular complexity index is 2270. The number of urea groups is 1. The van der Waals surface area contributed by atoms with Crippen molar-refractivity contribution in [3.05, 3.63) is 107 Å². The third kappa shape index (κ3) is 10.3. The van der Waals surface area contributed by atoms with Gasteiger partial charge in [0.25, 0.3) is 5.91 Å². The van der Waals surface area contributed by atoms with E-state index in [9.17, 15) is 19.5 Å². The maximum absolute atomic E-state index is 13.3. The van der Waals surface area contributed by atoms with Crippen LogP contribution in [-0.4, -0.2) is 106 Å². The van der Waals surface area contributed by atoms with Crippen LogP contribution in [0.1, 0.15) is 86.0 Å². The Balaban J connectivity index is 0.000000252. The number of aromatic amines is 1. The van der Waals surface area contributed by atoms with E-state index in [0.717, 1.165) is 66.6 Å². The van der Waals surface area contributed by atoms with Gasteiger partial charge in [-0.05, 0) is 85.6 Å². The first-order chi connectivity index (χ1) is 29.9. The van der Waals surface area contributed by atoms with Crippen molar-refractivity contribution in [1.29, 1.82) is 0 Å². The topological polar surface area (TPSA) is 212 Å². The number of aryl methyl sites for hydroxylation is 1. The van der Waals surface area contributed by atoms with E-state index >= 15 is 0 Å². The second kappa shape index (κ2) is 19.8. The molecule has 2 unspecified atom stereocenters. The van der Waals surface area contributed by atoms with Gasteiger partial charge in [0.1, 0.15) is 23.3 Å². The standard InChI is InChI=1S/C34H48N6O3.C13H14N4O2/c1-23-7-9-25(10-8-23)20-38-15-17-39(18-16-38)34(42)27-13-11-26(12-14-27)32-21-40(24(2)22-43-32)30(33(36)37)19-29(35)28-5-3-4-6-31(28)41;1-2-8-6-14-12-10(8)5-9(7-15-12)17-4-3-11(18)16-13(17)19/h3-6,11-14,19,23-25,32,41H,7-10,15-18,20-22,35-37H2,1-2H3;5-7H,2-4H2,1H3,(H,14,15)(H,16,18,19)/b29-19-;. The fraction of sp³-hybridized carbons (Fsp3) is 0.447. The summed E-state index contributed by atoms with van der Waals surface area (Å²) in [6.07, 6.45) is 11.7. The highest BCUT2D eigenvalue weighted by molar-refractivity contribution is 6.06. The monoisotopic (exact) mass is 846 g/mol. The van der Waals surface area contributed by atoms with Crippen molar-refractivity contribution < 1.29 is 24.2 Å². The number of benzene rings is 2. The molecule has 2 aromatic carbocycles. The molecular formula is C47H62N10O5. The van der Waals surface area contributed by atoms with E-state index in [2.05, 4.69) is 38.9 Å². The summed E-state index contributed by atoms with van der Waals surface area (Å²) in [7, 11) is 0. The van der Waals surface area contributed by atoms with E-state index in [1.807, 2.05) is 54.4 Å². The zero-order chi connectivity index (χ0) is 43.9. The molecule has 15 heteroatoms. The summed E-state index contributed by atoms with van der Waals surface area (Å²) >= 11 is 0. The number of phenolic OH excluding ortho intramolecular Hbond substituents is 1. The fourth-order valence-corrected chi connectivity index (χ4v) is 8.90. The highest BCUT2D eigenvalue weighted by Crippen LogP contribution is 2.32. The zero-order valence-electron chi connectivity index (χ0n) is 36.2. The number of amides is 4. The molecule has 4 amide bonds. The number of morpholine rings is 1. The maximum Gasteiger partial charge on any atom is 0.328 e. The average molecular weight is 847 g/mol. The van der Waals surface area contributed by atoms with Crippen LogP contribution >= 0.6 is 0 Å². The lowest BCUT2D eigenvalue weighted by atomic mass is 9.83. The Morgan fingerprint density at radius 1 is 0.968 bits per heavy atom. The summed E-state index contributed by atoms with van der Waals surface area (Å²) < 4.78 is 6.20. The van der Waals surface area contributed by atoms with Gasteiger partial charge in [0.15, 0.2) is 0 Å². The molecule has 1 saturated carbocycles. The zero-order valence-corrected chi connectivity index (χ0v) is 36.2. The third-order valence-corrected chi connectivity index (χ3v) is 12.7. The normalized spacial score (nSPS) is 22.5. The largest absolute Gasteiger partial charge is 0.507 e. The molecule has 2 atom stereocenters. The van der Waals surface area contributed by atoms with Gasteiger partial charge in [-0.1, -0.05) is 51.0 Å². The number of nitrogens with two attached hydrogens (primary N) is 3. The van der Waals surface area contributed by atoms with Gasteiger partial charge in [-0.2, -0.15) is 0 Å². The first kappa shape index (κ1) is 44.0. The number of allylic oxidation sites excluding steroid dienone is 1.